The lowest BCUT2D eigenvalue weighted by Crippen LogP contribution is -2.50. The molecule has 39 heavy (non-hydrogen) atoms. The fourth-order valence-electron chi connectivity index (χ4n) is 5.02. The quantitative estimate of drug-likeness (QED) is 0.251. The molecule has 0 radical (unpaired) electrons. The van der Waals surface area contributed by atoms with Crippen LogP contribution in [-0.4, -0.2) is 54.9 Å². The minimum absolute atomic E-state index is 0.0779. The van der Waals surface area contributed by atoms with Crippen LogP contribution in [0.2, 0.25) is 0 Å². The van der Waals surface area contributed by atoms with Crippen LogP contribution >= 0.6 is 22.6 Å². The lowest BCUT2D eigenvalue weighted by molar-refractivity contribution is 0.0598. The summed E-state index contributed by atoms with van der Waals surface area (Å²) in [6.45, 7) is 2.71. The highest BCUT2D eigenvalue weighted by Crippen LogP contribution is 2.30. The van der Waals surface area contributed by atoms with Gasteiger partial charge in [-0.25, -0.2) is 0 Å². The molecule has 4 aromatic rings. The number of rotatable bonds is 7. The Labute approximate surface area is 242 Å². The second kappa shape index (κ2) is 12.4. The summed E-state index contributed by atoms with van der Waals surface area (Å²) in [5, 5.41) is 2.94. The molecule has 4 aromatic carbocycles. The zero-order chi connectivity index (χ0) is 27.2. The summed E-state index contributed by atoms with van der Waals surface area (Å²) in [4.78, 5) is 31.0. The van der Waals surface area contributed by atoms with Gasteiger partial charge in [-0.1, -0.05) is 72.8 Å². The number of hydrogen-bond donors (Lipinski definition) is 1. The number of nitrogens with one attached hydrogen (secondary N) is 1. The molecule has 0 aliphatic carbocycles. The average Bonchev–Trinajstić information content (AvgIpc) is 2.98. The van der Waals surface area contributed by atoms with E-state index in [1.54, 1.807) is 37.4 Å². The van der Waals surface area contributed by atoms with E-state index in [0.717, 1.165) is 16.7 Å². The van der Waals surface area contributed by atoms with Crippen LogP contribution in [0.25, 0.3) is 0 Å². The van der Waals surface area contributed by atoms with Crippen molar-refractivity contribution in [2.75, 3.05) is 38.6 Å². The van der Waals surface area contributed by atoms with Gasteiger partial charge in [0.15, 0.2) is 0 Å². The normalized spacial score (nSPS) is 13.8. The number of benzene rings is 4. The second-order valence-electron chi connectivity index (χ2n) is 9.40. The number of carbonyl (C=O) groups excluding carboxylic acids is 2. The monoisotopic (exact) mass is 631 g/mol. The molecule has 2 amide bonds. The van der Waals surface area contributed by atoms with E-state index in [1.165, 1.54) is 11.1 Å². The largest absolute Gasteiger partial charge is 0.496 e. The molecular formula is C32H30IN3O3. The predicted molar refractivity (Wildman–Crippen MR) is 162 cm³/mol. The molecule has 1 aliphatic heterocycles. The molecule has 198 valence electrons. The van der Waals surface area contributed by atoms with Crippen LogP contribution in [0, 0.1) is 3.57 Å². The molecule has 0 aromatic heterocycles. The number of amides is 2. The number of ether oxygens (including phenoxy) is 1. The Hall–Kier alpha value is -3.69. The van der Waals surface area contributed by atoms with Crippen molar-refractivity contribution in [1.29, 1.82) is 0 Å². The first-order valence-electron chi connectivity index (χ1n) is 12.9. The van der Waals surface area contributed by atoms with E-state index >= 15 is 0 Å². The number of hydrogen-bond acceptors (Lipinski definition) is 4. The van der Waals surface area contributed by atoms with Crippen molar-refractivity contribution in [3.05, 3.63) is 129 Å². The predicted octanol–water partition coefficient (Wildman–Crippen LogP) is 6.10. The summed E-state index contributed by atoms with van der Waals surface area (Å²) < 4.78 is 6.14. The summed E-state index contributed by atoms with van der Waals surface area (Å²) in [6, 6.07) is 33.6. The van der Waals surface area contributed by atoms with Gasteiger partial charge in [0.05, 0.1) is 28.0 Å². The van der Waals surface area contributed by atoms with Crippen LogP contribution in [0.3, 0.4) is 0 Å². The lowest BCUT2D eigenvalue weighted by atomic mass is 9.96. The third-order valence-electron chi connectivity index (χ3n) is 7.02. The molecule has 5 rings (SSSR count). The number of piperazine rings is 1. The summed E-state index contributed by atoms with van der Waals surface area (Å²) in [5.41, 5.74) is 3.98. The summed E-state index contributed by atoms with van der Waals surface area (Å²) in [5.74, 6) is 0.365. The minimum atomic E-state index is -0.269. The Bertz CT molecular complexity index is 1400. The summed E-state index contributed by atoms with van der Waals surface area (Å²) >= 11 is 2.14. The molecular weight excluding hydrogens is 601 g/mol. The van der Waals surface area contributed by atoms with E-state index in [4.69, 9.17) is 4.74 Å². The number of nitrogens with zero attached hydrogens (tertiary/aromatic N) is 2. The van der Waals surface area contributed by atoms with Crippen molar-refractivity contribution >= 4 is 40.1 Å². The SMILES string of the molecule is COc1ccc(C(=O)Nc2ccccc2C(=O)N2CCN(C(c3ccccc3)c3ccccc3)CC2)cc1I. The van der Waals surface area contributed by atoms with Crippen LogP contribution < -0.4 is 10.1 Å². The zero-order valence-corrected chi connectivity index (χ0v) is 23.9. The van der Waals surface area contributed by atoms with Gasteiger partial charge in [-0.05, 0) is 64.0 Å². The van der Waals surface area contributed by atoms with E-state index in [1.807, 2.05) is 29.2 Å². The third kappa shape index (κ3) is 6.15. The summed E-state index contributed by atoms with van der Waals surface area (Å²) in [6.07, 6.45) is 0. The standard InChI is InChI=1S/C32H30IN3O3/c1-39-29-17-16-25(22-27(29)33)31(37)34-28-15-9-8-14-26(28)32(38)36-20-18-35(19-21-36)30(23-10-4-2-5-11-23)24-12-6-3-7-13-24/h2-17,22,30H,18-21H2,1H3,(H,34,37). The van der Waals surface area contributed by atoms with Gasteiger partial charge >= 0.3 is 0 Å². The van der Waals surface area contributed by atoms with E-state index in [2.05, 4.69) is 81.3 Å². The van der Waals surface area contributed by atoms with Crippen molar-refractivity contribution in [2.24, 2.45) is 0 Å². The topological polar surface area (TPSA) is 61.9 Å². The Kier molecular flexibility index (Phi) is 8.58. The molecule has 1 heterocycles. The zero-order valence-electron chi connectivity index (χ0n) is 21.7. The van der Waals surface area contributed by atoms with E-state index in [0.29, 0.717) is 35.7 Å². The van der Waals surface area contributed by atoms with Crippen LogP contribution in [0.5, 0.6) is 5.75 Å². The van der Waals surface area contributed by atoms with Crippen LogP contribution in [-0.2, 0) is 0 Å². The number of para-hydroxylation sites is 1. The molecule has 0 unspecified atom stereocenters. The van der Waals surface area contributed by atoms with Gasteiger partial charge < -0.3 is 15.0 Å². The third-order valence-corrected chi connectivity index (χ3v) is 7.86. The van der Waals surface area contributed by atoms with Gasteiger partial charge in [0, 0.05) is 31.7 Å². The van der Waals surface area contributed by atoms with Crippen molar-refractivity contribution in [2.45, 2.75) is 6.04 Å². The fourth-order valence-corrected chi connectivity index (χ4v) is 5.75. The van der Waals surface area contributed by atoms with Crippen molar-refractivity contribution in [3.63, 3.8) is 0 Å². The van der Waals surface area contributed by atoms with Gasteiger partial charge in [-0.3, -0.25) is 14.5 Å². The minimum Gasteiger partial charge on any atom is -0.496 e. The maximum absolute atomic E-state index is 13.6. The van der Waals surface area contributed by atoms with E-state index in [9.17, 15) is 9.59 Å². The molecule has 0 atom stereocenters. The molecule has 1 saturated heterocycles. The van der Waals surface area contributed by atoms with Crippen LogP contribution in [0.4, 0.5) is 5.69 Å². The Morgan fingerprint density at radius 3 is 1.97 bits per heavy atom. The van der Waals surface area contributed by atoms with Gasteiger partial charge in [0.1, 0.15) is 5.75 Å². The first-order valence-corrected chi connectivity index (χ1v) is 14.0. The molecule has 0 bridgehead atoms. The number of anilines is 1. The number of carbonyl (C=O) groups is 2. The molecule has 6 nitrogen and oxygen atoms in total. The van der Waals surface area contributed by atoms with Crippen molar-refractivity contribution < 1.29 is 14.3 Å². The molecule has 0 spiro atoms. The number of halogens is 1. The van der Waals surface area contributed by atoms with Crippen LogP contribution in [0.15, 0.2) is 103 Å². The smallest absolute Gasteiger partial charge is 0.256 e. The van der Waals surface area contributed by atoms with Gasteiger partial charge in [-0.2, -0.15) is 0 Å². The average molecular weight is 632 g/mol. The highest BCUT2D eigenvalue weighted by Gasteiger charge is 2.29. The van der Waals surface area contributed by atoms with Gasteiger partial charge in [0.25, 0.3) is 11.8 Å². The van der Waals surface area contributed by atoms with Gasteiger partial charge in [-0.15, -0.1) is 0 Å². The fraction of sp³-hybridized carbons (Fsp3) is 0.188. The molecule has 1 fully saturated rings. The summed E-state index contributed by atoms with van der Waals surface area (Å²) in [7, 11) is 1.60. The van der Waals surface area contributed by atoms with E-state index in [-0.39, 0.29) is 17.9 Å². The highest BCUT2D eigenvalue weighted by atomic mass is 127. The van der Waals surface area contributed by atoms with Crippen molar-refractivity contribution in [1.82, 2.24) is 9.80 Å². The Morgan fingerprint density at radius 2 is 1.38 bits per heavy atom. The van der Waals surface area contributed by atoms with E-state index < -0.39 is 0 Å². The maximum atomic E-state index is 13.6. The molecule has 1 N–H and O–H groups in total. The van der Waals surface area contributed by atoms with Crippen molar-refractivity contribution in [3.8, 4) is 5.75 Å². The first kappa shape index (κ1) is 26.9. The molecule has 7 heteroatoms. The molecule has 0 saturated carbocycles. The Morgan fingerprint density at radius 1 is 0.795 bits per heavy atom. The Balaban J connectivity index is 1.30. The number of methoxy groups -OCH3 is 1. The second-order valence-corrected chi connectivity index (χ2v) is 10.6. The van der Waals surface area contributed by atoms with Crippen LogP contribution in [0.1, 0.15) is 37.9 Å². The maximum Gasteiger partial charge on any atom is 0.256 e. The molecule has 1 aliphatic rings. The first-order chi connectivity index (χ1) is 19.0. The van der Waals surface area contributed by atoms with Gasteiger partial charge in [0.2, 0.25) is 0 Å². The lowest BCUT2D eigenvalue weighted by Gasteiger charge is -2.40. The highest BCUT2D eigenvalue weighted by molar-refractivity contribution is 14.1.